The van der Waals surface area contributed by atoms with E-state index in [2.05, 4.69) is 29.6 Å². The molecule has 0 bridgehead atoms. The van der Waals surface area contributed by atoms with Crippen LogP contribution in [0.4, 0.5) is 0 Å². The summed E-state index contributed by atoms with van der Waals surface area (Å²) in [6.45, 7) is 6.48. The van der Waals surface area contributed by atoms with E-state index < -0.39 is 17.9 Å². The number of imidazole rings is 1. The second-order valence-corrected chi connectivity index (χ2v) is 13.5. The van der Waals surface area contributed by atoms with Crippen molar-refractivity contribution in [2.75, 3.05) is 5.75 Å². The van der Waals surface area contributed by atoms with Crippen LogP contribution in [-0.2, 0) is 9.84 Å². The van der Waals surface area contributed by atoms with Crippen LogP contribution < -0.4 is 0 Å². The van der Waals surface area contributed by atoms with Crippen LogP contribution >= 0.6 is 22.6 Å². The highest BCUT2D eigenvalue weighted by Gasteiger charge is 2.22. The first-order valence-corrected chi connectivity index (χ1v) is 11.1. The predicted octanol–water partition coefficient (Wildman–Crippen LogP) is 2.13. The minimum absolute atomic E-state index is 0.102. The normalized spacial score (nSPS) is 13.1. The second-order valence-electron chi connectivity index (χ2n) is 4.67. The smallest absolute Gasteiger partial charge is 0.225 e. The van der Waals surface area contributed by atoms with Crippen LogP contribution in [0.25, 0.3) is 0 Å². The van der Waals surface area contributed by atoms with Crippen molar-refractivity contribution in [3.05, 3.63) is 9.90 Å². The van der Waals surface area contributed by atoms with Crippen molar-refractivity contribution < 1.29 is 8.42 Å². The summed E-state index contributed by atoms with van der Waals surface area (Å²) in [7, 11) is -4.53. The molecule has 1 rings (SSSR count). The molecular formula is C8H15IN2O2SSi. The first-order chi connectivity index (χ1) is 6.71. The number of halogens is 1. The van der Waals surface area contributed by atoms with Gasteiger partial charge >= 0.3 is 0 Å². The van der Waals surface area contributed by atoms with E-state index in [0.29, 0.717) is 0 Å². The van der Waals surface area contributed by atoms with E-state index in [4.69, 9.17) is 0 Å². The first kappa shape index (κ1) is 13.2. The molecule has 0 aliphatic heterocycles. The molecule has 1 heterocycles. The molecule has 0 unspecified atom stereocenters. The average Bonchev–Trinajstić information content (AvgIpc) is 2.48. The summed E-state index contributed by atoms with van der Waals surface area (Å²) in [6, 6.07) is 0.770. The van der Waals surface area contributed by atoms with Crippen molar-refractivity contribution in [1.29, 1.82) is 0 Å². The van der Waals surface area contributed by atoms with Gasteiger partial charge in [-0.15, -0.1) is 0 Å². The second kappa shape index (κ2) is 4.54. The van der Waals surface area contributed by atoms with E-state index >= 15 is 0 Å². The maximum atomic E-state index is 11.8. The van der Waals surface area contributed by atoms with Crippen LogP contribution in [-0.4, -0.2) is 32.2 Å². The Morgan fingerprint density at radius 3 is 2.47 bits per heavy atom. The molecule has 15 heavy (non-hydrogen) atoms. The largest absolute Gasteiger partial charge is 0.324 e. The van der Waals surface area contributed by atoms with Gasteiger partial charge in [-0.3, -0.25) is 0 Å². The fourth-order valence-electron chi connectivity index (χ4n) is 0.977. The Hall–Kier alpha value is 0.107. The molecule has 4 nitrogen and oxygen atoms in total. The molecule has 0 aromatic carbocycles. The highest BCUT2D eigenvalue weighted by atomic mass is 127. The molecule has 0 amide bonds. The van der Waals surface area contributed by atoms with E-state index in [1.165, 1.54) is 6.20 Å². The highest BCUT2D eigenvalue weighted by molar-refractivity contribution is 14.1. The molecule has 86 valence electrons. The summed E-state index contributed by atoms with van der Waals surface area (Å²) < 4.78 is 24.4. The molecule has 0 fully saturated rings. The van der Waals surface area contributed by atoms with Crippen molar-refractivity contribution in [2.45, 2.75) is 30.8 Å². The van der Waals surface area contributed by atoms with E-state index in [-0.39, 0.29) is 10.9 Å². The number of hydrogen-bond acceptors (Lipinski definition) is 3. The van der Waals surface area contributed by atoms with Crippen molar-refractivity contribution in [3.8, 4) is 0 Å². The van der Waals surface area contributed by atoms with Gasteiger partial charge in [0.1, 0.15) is 0 Å². The number of H-pyrrole nitrogens is 1. The van der Waals surface area contributed by atoms with Gasteiger partial charge in [0, 0.05) is 8.07 Å². The zero-order valence-electron chi connectivity index (χ0n) is 9.04. The third kappa shape index (κ3) is 4.23. The maximum absolute atomic E-state index is 11.8. The molecule has 0 saturated carbocycles. The molecule has 1 aromatic rings. The molecule has 7 heteroatoms. The monoisotopic (exact) mass is 358 g/mol. The SMILES string of the molecule is C[Si](C)(C)CCS(=O)(=O)c1ncc(I)[nH]1. The van der Waals surface area contributed by atoms with E-state index in [1.54, 1.807) is 0 Å². The summed E-state index contributed by atoms with van der Waals surface area (Å²) in [6.07, 6.45) is 1.53. The van der Waals surface area contributed by atoms with Gasteiger partial charge in [0.25, 0.3) is 0 Å². The zero-order valence-corrected chi connectivity index (χ0v) is 13.0. The Labute approximate surface area is 105 Å². The van der Waals surface area contributed by atoms with Crippen molar-refractivity contribution in [1.82, 2.24) is 9.97 Å². The molecule has 1 aromatic heterocycles. The average molecular weight is 358 g/mol. The van der Waals surface area contributed by atoms with E-state index in [1.807, 2.05) is 22.6 Å². The number of sulfone groups is 1. The number of nitrogens with zero attached hydrogens (tertiary/aromatic N) is 1. The lowest BCUT2D eigenvalue weighted by molar-refractivity contribution is 0.589. The number of rotatable bonds is 4. The molecule has 0 aliphatic rings. The lowest BCUT2D eigenvalue weighted by Crippen LogP contribution is -2.24. The summed E-state index contributed by atoms with van der Waals surface area (Å²) in [5, 5.41) is 0.102. The lowest BCUT2D eigenvalue weighted by atomic mass is 11.0. The zero-order chi connectivity index (χ0) is 11.7. The van der Waals surface area contributed by atoms with Gasteiger partial charge in [0.2, 0.25) is 15.0 Å². The highest BCUT2D eigenvalue weighted by Crippen LogP contribution is 2.14. The lowest BCUT2D eigenvalue weighted by Gasteiger charge is -2.14. The summed E-state index contributed by atoms with van der Waals surface area (Å²) >= 11 is 2.01. The molecular weight excluding hydrogens is 343 g/mol. The predicted molar refractivity (Wildman–Crippen MR) is 71.5 cm³/mol. The standard InChI is InChI=1S/C8H15IN2O2SSi/c1-15(2,3)5-4-14(12,13)8-10-6-7(9)11-8/h6H,4-5H2,1-3H3,(H,10,11). The van der Waals surface area contributed by atoms with Gasteiger partial charge in [0.15, 0.2) is 0 Å². The fraction of sp³-hybridized carbons (Fsp3) is 0.625. The maximum Gasteiger partial charge on any atom is 0.225 e. The third-order valence-electron chi connectivity index (χ3n) is 1.94. The summed E-state index contributed by atoms with van der Waals surface area (Å²) in [5.41, 5.74) is 0. The Kier molecular flexibility index (Phi) is 3.99. The Morgan fingerprint density at radius 2 is 2.07 bits per heavy atom. The van der Waals surface area contributed by atoms with Crippen molar-refractivity contribution in [3.63, 3.8) is 0 Å². The number of nitrogens with one attached hydrogen (secondary N) is 1. The van der Waals surface area contributed by atoms with Gasteiger partial charge in [0.05, 0.1) is 15.7 Å². The van der Waals surface area contributed by atoms with Crippen LogP contribution in [0, 0.1) is 3.70 Å². The number of aromatic amines is 1. The molecule has 0 spiro atoms. The molecule has 0 radical (unpaired) electrons. The Bertz CT molecular complexity index is 436. The quantitative estimate of drug-likeness (QED) is 0.663. The molecule has 0 aliphatic carbocycles. The van der Waals surface area contributed by atoms with Gasteiger partial charge < -0.3 is 4.98 Å². The van der Waals surface area contributed by atoms with Gasteiger partial charge in [-0.05, 0) is 28.6 Å². The van der Waals surface area contributed by atoms with E-state index in [9.17, 15) is 8.42 Å². The van der Waals surface area contributed by atoms with Gasteiger partial charge in [-0.1, -0.05) is 19.6 Å². The van der Waals surface area contributed by atoms with Gasteiger partial charge in [-0.2, -0.15) is 0 Å². The van der Waals surface area contributed by atoms with Crippen LogP contribution in [0.15, 0.2) is 11.4 Å². The topological polar surface area (TPSA) is 62.8 Å². The minimum atomic E-state index is -3.21. The summed E-state index contributed by atoms with van der Waals surface area (Å²) in [5.74, 6) is 0.201. The van der Waals surface area contributed by atoms with Gasteiger partial charge in [-0.25, -0.2) is 13.4 Å². The minimum Gasteiger partial charge on any atom is -0.324 e. The molecule has 1 N–H and O–H groups in total. The Balaban J connectivity index is 2.77. The first-order valence-electron chi connectivity index (χ1n) is 4.64. The van der Waals surface area contributed by atoms with E-state index in [0.717, 1.165) is 9.74 Å². The van der Waals surface area contributed by atoms with Crippen LogP contribution in [0.3, 0.4) is 0 Å². The van der Waals surface area contributed by atoms with Crippen molar-refractivity contribution >= 4 is 40.5 Å². The Morgan fingerprint density at radius 1 is 1.47 bits per heavy atom. The number of aromatic nitrogens is 2. The number of hydrogen-bond donors (Lipinski definition) is 1. The third-order valence-corrected chi connectivity index (χ3v) is 6.14. The van der Waals surface area contributed by atoms with Crippen molar-refractivity contribution in [2.24, 2.45) is 0 Å². The molecule has 0 saturated heterocycles. The van der Waals surface area contributed by atoms with Crippen LogP contribution in [0.2, 0.25) is 25.7 Å². The van der Waals surface area contributed by atoms with Crippen LogP contribution in [0.5, 0.6) is 0 Å². The summed E-state index contributed by atoms with van der Waals surface area (Å²) in [4.78, 5) is 6.61. The molecule has 0 atom stereocenters. The van der Waals surface area contributed by atoms with Crippen LogP contribution in [0.1, 0.15) is 0 Å². The fourth-order valence-corrected chi connectivity index (χ4v) is 5.75.